The zero-order valence-electron chi connectivity index (χ0n) is 12.5. The molecular weight excluding hydrogens is 323 g/mol. The standard InChI is InChI=1S/C15H18Cl2N4O/c1-21(2)7-3-6-18-15(22)14-9-13(19-20-14)11-5-4-10(16)8-12(11)17/h4-5,8-9H,3,6-7H2,1-2H3,(H,18,22)(H,19,20). The minimum absolute atomic E-state index is 0.178. The van der Waals surface area contributed by atoms with Gasteiger partial charge in [0.25, 0.3) is 5.91 Å². The van der Waals surface area contributed by atoms with Crippen LogP contribution in [0.1, 0.15) is 16.9 Å². The van der Waals surface area contributed by atoms with Crippen molar-refractivity contribution in [1.29, 1.82) is 0 Å². The fourth-order valence-corrected chi connectivity index (χ4v) is 2.47. The lowest BCUT2D eigenvalue weighted by atomic mass is 10.1. The zero-order chi connectivity index (χ0) is 16.1. The molecule has 0 saturated carbocycles. The second-order valence-electron chi connectivity index (χ2n) is 5.20. The summed E-state index contributed by atoms with van der Waals surface area (Å²) >= 11 is 12.0. The van der Waals surface area contributed by atoms with Crippen LogP contribution in [-0.4, -0.2) is 48.2 Å². The van der Waals surface area contributed by atoms with Crippen molar-refractivity contribution in [2.45, 2.75) is 6.42 Å². The smallest absolute Gasteiger partial charge is 0.269 e. The largest absolute Gasteiger partial charge is 0.351 e. The highest BCUT2D eigenvalue weighted by atomic mass is 35.5. The normalized spacial score (nSPS) is 11.0. The van der Waals surface area contributed by atoms with Gasteiger partial charge >= 0.3 is 0 Å². The number of carbonyl (C=O) groups excluding carboxylic acids is 1. The SMILES string of the molecule is CN(C)CCCNC(=O)c1cc(-c2ccc(Cl)cc2Cl)n[nH]1. The summed E-state index contributed by atoms with van der Waals surface area (Å²) in [5.41, 5.74) is 1.75. The van der Waals surface area contributed by atoms with Gasteiger partial charge in [-0.15, -0.1) is 0 Å². The van der Waals surface area contributed by atoms with Crippen LogP contribution < -0.4 is 5.32 Å². The number of H-pyrrole nitrogens is 1. The Morgan fingerprint density at radius 1 is 1.32 bits per heavy atom. The van der Waals surface area contributed by atoms with Crippen LogP contribution in [0.5, 0.6) is 0 Å². The van der Waals surface area contributed by atoms with Crippen molar-refractivity contribution in [2.75, 3.05) is 27.2 Å². The molecule has 7 heteroatoms. The molecule has 0 atom stereocenters. The van der Waals surface area contributed by atoms with Crippen molar-refractivity contribution >= 4 is 29.1 Å². The lowest BCUT2D eigenvalue weighted by Crippen LogP contribution is -2.27. The van der Waals surface area contributed by atoms with E-state index in [9.17, 15) is 4.79 Å². The third-order valence-corrected chi connectivity index (χ3v) is 3.65. The number of carbonyl (C=O) groups is 1. The molecule has 0 aliphatic carbocycles. The number of nitrogens with zero attached hydrogens (tertiary/aromatic N) is 2. The van der Waals surface area contributed by atoms with E-state index in [1.54, 1.807) is 24.3 Å². The van der Waals surface area contributed by atoms with Crippen molar-refractivity contribution in [2.24, 2.45) is 0 Å². The molecule has 118 valence electrons. The van der Waals surface area contributed by atoms with Gasteiger partial charge in [-0.25, -0.2) is 0 Å². The Morgan fingerprint density at radius 3 is 2.77 bits per heavy atom. The first kappa shape index (κ1) is 16.8. The summed E-state index contributed by atoms with van der Waals surface area (Å²) in [6, 6.07) is 6.84. The first-order valence-corrected chi connectivity index (χ1v) is 7.66. The summed E-state index contributed by atoms with van der Waals surface area (Å²) < 4.78 is 0. The van der Waals surface area contributed by atoms with Crippen LogP contribution in [0.4, 0.5) is 0 Å². The van der Waals surface area contributed by atoms with Gasteiger partial charge in [0, 0.05) is 17.1 Å². The average molecular weight is 341 g/mol. The maximum atomic E-state index is 12.0. The van der Waals surface area contributed by atoms with Gasteiger partial charge in [-0.05, 0) is 51.3 Å². The van der Waals surface area contributed by atoms with Gasteiger partial charge in [0.2, 0.25) is 0 Å². The van der Waals surface area contributed by atoms with E-state index in [1.165, 1.54) is 0 Å². The van der Waals surface area contributed by atoms with Crippen molar-refractivity contribution in [3.8, 4) is 11.3 Å². The summed E-state index contributed by atoms with van der Waals surface area (Å²) in [6.45, 7) is 1.54. The number of aromatic nitrogens is 2. The van der Waals surface area contributed by atoms with Crippen LogP contribution in [0.2, 0.25) is 10.0 Å². The van der Waals surface area contributed by atoms with Crippen molar-refractivity contribution in [1.82, 2.24) is 20.4 Å². The van der Waals surface area contributed by atoms with E-state index in [-0.39, 0.29) is 5.91 Å². The van der Waals surface area contributed by atoms with Crippen LogP contribution in [-0.2, 0) is 0 Å². The molecule has 2 N–H and O–H groups in total. The van der Waals surface area contributed by atoms with E-state index in [1.807, 2.05) is 14.1 Å². The predicted octanol–water partition coefficient (Wildman–Crippen LogP) is 3.07. The molecular formula is C15H18Cl2N4O. The number of nitrogens with one attached hydrogen (secondary N) is 2. The number of hydrogen-bond donors (Lipinski definition) is 2. The first-order valence-electron chi connectivity index (χ1n) is 6.91. The Balaban J connectivity index is 2.00. The number of rotatable bonds is 6. The second kappa shape index (κ2) is 7.63. The van der Waals surface area contributed by atoms with E-state index in [4.69, 9.17) is 23.2 Å². The minimum Gasteiger partial charge on any atom is -0.351 e. The van der Waals surface area contributed by atoms with E-state index < -0.39 is 0 Å². The summed E-state index contributed by atoms with van der Waals surface area (Å²) in [5, 5.41) is 10.8. The van der Waals surface area contributed by atoms with Crippen molar-refractivity contribution in [3.05, 3.63) is 40.0 Å². The van der Waals surface area contributed by atoms with Crippen molar-refractivity contribution < 1.29 is 4.79 Å². The number of amides is 1. The lowest BCUT2D eigenvalue weighted by molar-refractivity contribution is 0.0947. The molecule has 0 bridgehead atoms. The number of benzene rings is 1. The Morgan fingerprint density at radius 2 is 2.09 bits per heavy atom. The topological polar surface area (TPSA) is 61.0 Å². The van der Waals surface area contributed by atoms with Gasteiger partial charge in [0.15, 0.2) is 0 Å². The van der Waals surface area contributed by atoms with Crippen LogP contribution in [0.25, 0.3) is 11.3 Å². The molecule has 22 heavy (non-hydrogen) atoms. The third-order valence-electron chi connectivity index (χ3n) is 3.10. The number of halogens is 2. The van der Waals surface area contributed by atoms with Crippen LogP contribution in [0.15, 0.2) is 24.3 Å². The van der Waals surface area contributed by atoms with Gasteiger partial charge in [0.1, 0.15) is 5.69 Å². The Hall–Kier alpha value is -1.56. The van der Waals surface area contributed by atoms with Crippen LogP contribution in [0.3, 0.4) is 0 Å². The summed E-state index contributed by atoms with van der Waals surface area (Å²) in [5.74, 6) is -0.178. The quantitative estimate of drug-likeness (QED) is 0.794. The molecule has 0 radical (unpaired) electrons. The molecule has 0 spiro atoms. The number of hydrogen-bond acceptors (Lipinski definition) is 3. The first-order chi connectivity index (χ1) is 10.5. The average Bonchev–Trinajstić information content (AvgIpc) is 2.92. The lowest BCUT2D eigenvalue weighted by Gasteiger charge is -2.09. The minimum atomic E-state index is -0.178. The maximum Gasteiger partial charge on any atom is 0.269 e. The molecule has 0 aliphatic rings. The molecule has 2 rings (SSSR count). The second-order valence-corrected chi connectivity index (χ2v) is 6.05. The molecule has 1 heterocycles. The molecule has 0 unspecified atom stereocenters. The van der Waals surface area contributed by atoms with E-state index >= 15 is 0 Å². The molecule has 1 aromatic heterocycles. The van der Waals surface area contributed by atoms with E-state index in [2.05, 4.69) is 20.4 Å². The predicted molar refractivity (Wildman–Crippen MR) is 89.5 cm³/mol. The third kappa shape index (κ3) is 4.47. The molecule has 1 amide bonds. The summed E-state index contributed by atoms with van der Waals surface area (Å²) in [6.07, 6.45) is 0.892. The molecule has 0 fully saturated rings. The molecule has 2 aromatic rings. The van der Waals surface area contributed by atoms with Crippen molar-refractivity contribution in [3.63, 3.8) is 0 Å². The van der Waals surface area contributed by atoms with Crippen LogP contribution >= 0.6 is 23.2 Å². The Labute approximate surface area is 139 Å². The fraction of sp³-hybridized carbons (Fsp3) is 0.333. The summed E-state index contributed by atoms with van der Waals surface area (Å²) in [4.78, 5) is 14.1. The Bertz CT molecular complexity index is 655. The molecule has 0 aliphatic heterocycles. The summed E-state index contributed by atoms with van der Waals surface area (Å²) in [7, 11) is 4.00. The Kier molecular flexibility index (Phi) is 5.83. The highest BCUT2D eigenvalue weighted by Gasteiger charge is 2.12. The van der Waals surface area contributed by atoms with Crippen LogP contribution in [0, 0.1) is 0 Å². The van der Waals surface area contributed by atoms with E-state index in [0.717, 1.165) is 18.5 Å². The zero-order valence-corrected chi connectivity index (χ0v) is 14.0. The molecule has 1 aromatic carbocycles. The molecule has 0 saturated heterocycles. The van der Waals surface area contributed by atoms with Gasteiger partial charge in [0.05, 0.1) is 10.7 Å². The van der Waals surface area contributed by atoms with Gasteiger partial charge in [-0.2, -0.15) is 5.10 Å². The monoisotopic (exact) mass is 340 g/mol. The van der Waals surface area contributed by atoms with E-state index in [0.29, 0.717) is 28.0 Å². The fourth-order valence-electron chi connectivity index (χ4n) is 1.97. The highest BCUT2D eigenvalue weighted by Crippen LogP contribution is 2.29. The number of aromatic amines is 1. The highest BCUT2D eigenvalue weighted by molar-refractivity contribution is 6.36. The van der Waals surface area contributed by atoms with Gasteiger partial charge in [-0.1, -0.05) is 23.2 Å². The maximum absolute atomic E-state index is 12.0. The molecule has 5 nitrogen and oxygen atoms in total. The van der Waals surface area contributed by atoms with Gasteiger partial charge < -0.3 is 10.2 Å². The van der Waals surface area contributed by atoms with Gasteiger partial charge in [-0.3, -0.25) is 9.89 Å².